The minimum absolute atomic E-state index is 0.462. The third kappa shape index (κ3) is 2.20. The van der Waals surface area contributed by atoms with E-state index in [1.165, 1.54) is 0 Å². The Balaban J connectivity index is 2.64. The number of hydrogen-bond donors (Lipinski definition) is 1. The maximum atomic E-state index is 9.59. The first-order valence-corrected chi connectivity index (χ1v) is 3.90. The normalized spacial score (nSPS) is 12.9. The summed E-state index contributed by atoms with van der Waals surface area (Å²) in [7, 11) is 1.83. The van der Waals surface area contributed by atoms with Crippen LogP contribution in [-0.2, 0) is 7.05 Å². The van der Waals surface area contributed by atoms with Crippen LogP contribution in [0.15, 0.2) is 24.5 Å². The number of aromatic nitrogens is 2. The van der Waals surface area contributed by atoms with Gasteiger partial charge in [0.1, 0.15) is 0 Å². The molecular formula is C9H14N2O. The fourth-order valence-electron chi connectivity index (χ4n) is 1.06. The molecule has 66 valence electrons. The molecule has 0 saturated heterocycles. The number of aliphatic hydroxyl groups is 1. The van der Waals surface area contributed by atoms with Crippen LogP contribution in [-0.4, -0.2) is 14.9 Å². The van der Waals surface area contributed by atoms with Crippen LogP contribution in [0.5, 0.6) is 0 Å². The van der Waals surface area contributed by atoms with E-state index in [1.807, 2.05) is 20.2 Å². The summed E-state index contributed by atoms with van der Waals surface area (Å²) < 4.78 is 1.68. The van der Waals surface area contributed by atoms with Gasteiger partial charge >= 0.3 is 0 Å². The Kier molecular flexibility index (Phi) is 2.65. The van der Waals surface area contributed by atoms with Gasteiger partial charge in [0.15, 0.2) is 0 Å². The van der Waals surface area contributed by atoms with Crippen molar-refractivity contribution in [2.24, 2.45) is 7.05 Å². The highest BCUT2D eigenvalue weighted by Gasteiger charge is 2.08. The van der Waals surface area contributed by atoms with Crippen LogP contribution >= 0.6 is 0 Å². The summed E-state index contributed by atoms with van der Waals surface area (Å²) in [6.07, 6.45) is 3.63. The monoisotopic (exact) mass is 166 g/mol. The van der Waals surface area contributed by atoms with Crippen molar-refractivity contribution in [3.8, 4) is 0 Å². The largest absolute Gasteiger partial charge is 0.388 e. The average Bonchev–Trinajstić information content (AvgIpc) is 2.34. The van der Waals surface area contributed by atoms with Crippen molar-refractivity contribution < 1.29 is 5.11 Å². The number of nitrogens with zero attached hydrogens (tertiary/aromatic N) is 2. The van der Waals surface area contributed by atoms with Crippen molar-refractivity contribution in [2.75, 3.05) is 0 Å². The van der Waals surface area contributed by atoms with Gasteiger partial charge in [-0.3, -0.25) is 4.68 Å². The first-order chi connectivity index (χ1) is 5.59. The first kappa shape index (κ1) is 9.00. The Bertz CT molecular complexity index is 278. The van der Waals surface area contributed by atoms with Crippen molar-refractivity contribution in [3.05, 3.63) is 30.1 Å². The zero-order valence-electron chi connectivity index (χ0n) is 7.49. The summed E-state index contributed by atoms with van der Waals surface area (Å²) in [6.45, 7) is 5.64. The van der Waals surface area contributed by atoms with Gasteiger partial charge in [-0.05, 0) is 13.3 Å². The van der Waals surface area contributed by atoms with Crippen LogP contribution < -0.4 is 0 Å². The minimum Gasteiger partial charge on any atom is -0.388 e. The molecule has 0 bridgehead atoms. The second kappa shape index (κ2) is 3.54. The molecule has 0 aliphatic rings. The van der Waals surface area contributed by atoms with Crippen LogP contribution in [0.4, 0.5) is 0 Å². The van der Waals surface area contributed by atoms with Gasteiger partial charge in [0.05, 0.1) is 12.3 Å². The van der Waals surface area contributed by atoms with Crippen molar-refractivity contribution in [1.29, 1.82) is 0 Å². The highest BCUT2D eigenvalue weighted by atomic mass is 16.3. The van der Waals surface area contributed by atoms with E-state index in [4.69, 9.17) is 0 Å². The standard InChI is InChI=1S/C9H14N2O/c1-7(2)4-9(12)8-5-10-11(3)6-8/h5-6,9,12H,1,4H2,2-3H3. The Morgan fingerprint density at radius 2 is 2.50 bits per heavy atom. The summed E-state index contributed by atoms with van der Waals surface area (Å²) in [5.74, 6) is 0. The van der Waals surface area contributed by atoms with E-state index in [-0.39, 0.29) is 0 Å². The maximum Gasteiger partial charge on any atom is 0.0857 e. The van der Waals surface area contributed by atoms with Crippen LogP contribution in [0, 0.1) is 0 Å². The molecule has 0 amide bonds. The average molecular weight is 166 g/mol. The molecule has 0 aliphatic carbocycles. The molecule has 1 aromatic rings. The number of hydrogen-bond acceptors (Lipinski definition) is 2. The lowest BCUT2D eigenvalue weighted by molar-refractivity contribution is 0.178. The third-order valence-corrected chi connectivity index (χ3v) is 1.65. The molecule has 1 N–H and O–H groups in total. The SMILES string of the molecule is C=C(C)CC(O)c1cnn(C)c1. The van der Waals surface area contributed by atoms with E-state index in [9.17, 15) is 5.11 Å². The van der Waals surface area contributed by atoms with Gasteiger partial charge in [0.25, 0.3) is 0 Å². The summed E-state index contributed by atoms with van der Waals surface area (Å²) in [6, 6.07) is 0. The molecule has 0 radical (unpaired) electrons. The third-order valence-electron chi connectivity index (χ3n) is 1.65. The number of aryl methyl sites for hydroxylation is 1. The van der Waals surface area contributed by atoms with E-state index in [1.54, 1.807) is 10.9 Å². The van der Waals surface area contributed by atoms with Crippen molar-refractivity contribution in [1.82, 2.24) is 9.78 Å². The fraction of sp³-hybridized carbons (Fsp3) is 0.444. The lowest BCUT2D eigenvalue weighted by atomic mass is 10.1. The quantitative estimate of drug-likeness (QED) is 0.689. The number of rotatable bonds is 3. The highest BCUT2D eigenvalue weighted by molar-refractivity contribution is 5.10. The molecule has 0 aromatic carbocycles. The second-order valence-corrected chi connectivity index (χ2v) is 3.12. The molecule has 0 spiro atoms. The second-order valence-electron chi connectivity index (χ2n) is 3.12. The Hall–Kier alpha value is -1.09. The lowest BCUT2D eigenvalue weighted by Gasteiger charge is -2.06. The van der Waals surface area contributed by atoms with E-state index in [2.05, 4.69) is 11.7 Å². The van der Waals surface area contributed by atoms with Gasteiger partial charge in [-0.1, -0.05) is 5.57 Å². The van der Waals surface area contributed by atoms with E-state index in [0.29, 0.717) is 6.42 Å². The molecule has 0 aliphatic heterocycles. The zero-order valence-corrected chi connectivity index (χ0v) is 7.49. The van der Waals surface area contributed by atoms with E-state index in [0.717, 1.165) is 11.1 Å². The van der Waals surface area contributed by atoms with Gasteiger partial charge in [-0.2, -0.15) is 5.10 Å². The topological polar surface area (TPSA) is 38.1 Å². The van der Waals surface area contributed by atoms with Gasteiger partial charge in [-0.15, -0.1) is 6.58 Å². The molecule has 1 rings (SSSR count). The zero-order chi connectivity index (χ0) is 9.14. The molecule has 1 unspecified atom stereocenters. The van der Waals surface area contributed by atoms with Crippen LogP contribution in [0.2, 0.25) is 0 Å². The summed E-state index contributed by atoms with van der Waals surface area (Å²) in [4.78, 5) is 0. The fourth-order valence-corrected chi connectivity index (χ4v) is 1.06. The summed E-state index contributed by atoms with van der Waals surface area (Å²) in [5.41, 5.74) is 1.83. The predicted octanol–water partition coefficient (Wildman–Crippen LogP) is 1.42. The highest BCUT2D eigenvalue weighted by Crippen LogP contribution is 2.18. The van der Waals surface area contributed by atoms with E-state index >= 15 is 0 Å². The van der Waals surface area contributed by atoms with Crippen molar-refractivity contribution >= 4 is 0 Å². The van der Waals surface area contributed by atoms with Crippen LogP contribution in [0.3, 0.4) is 0 Å². The van der Waals surface area contributed by atoms with Gasteiger partial charge in [0, 0.05) is 18.8 Å². The van der Waals surface area contributed by atoms with E-state index < -0.39 is 6.10 Å². The minimum atomic E-state index is -0.462. The molecule has 12 heavy (non-hydrogen) atoms. The molecule has 3 heteroatoms. The predicted molar refractivity (Wildman–Crippen MR) is 47.6 cm³/mol. The molecule has 1 atom stereocenters. The number of aliphatic hydroxyl groups excluding tert-OH is 1. The van der Waals surface area contributed by atoms with Gasteiger partial charge in [-0.25, -0.2) is 0 Å². The summed E-state index contributed by atoms with van der Waals surface area (Å²) >= 11 is 0. The van der Waals surface area contributed by atoms with Crippen molar-refractivity contribution in [2.45, 2.75) is 19.4 Å². The summed E-state index contributed by atoms with van der Waals surface area (Å²) in [5, 5.41) is 13.6. The Morgan fingerprint density at radius 1 is 1.83 bits per heavy atom. The van der Waals surface area contributed by atoms with Gasteiger partial charge in [0.2, 0.25) is 0 Å². The lowest BCUT2D eigenvalue weighted by Crippen LogP contribution is -1.95. The smallest absolute Gasteiger partial charge is 0.0857 e. The van der Waals surface area contributed by atoms with Crippen molar-refractivity contribution in [3.63, 3.8) is 0 Å². The maximum absolute atomic E-state index is 9.59. The molecule has 1 aromatic heterocycles. The first-order valence-electron chi connectivity index (χ1n) is 3.90. The molecule has 1 heterocycles. The Labute approximate surface area is 72.3 Å². The van der Waals surface area contributed by atoms with Crippen LogP contribution in [0.1, 0.15) is 25.0 Å². The molecular weight excluding hydrogens is 152 g/mol. The molecule has 0 fully saturated rings. The van der Waals surface area contributed by atoms with Crippen LogP contribution in [0.25, 0.3) is 0 Å². The molecule has 3 nitrogen and oxygen atoms in total. The Morgan fingerprint density at radius 3 is 2.92 bits per heavy atom. The van der Waals surface area contributed by atoms with Gasteiger partial charge < -0.3 is 5.11 Å². The molecule has 0 saturated carbocycles.